The van der Waals surface area contributed by atoms with E-state index in [1.807, 2.05) is 18.2 Å². The minimum Gasteiger partial charge on any atom is -0.338 e. The monoisotopic (exact) mass is 317 g/mol. The Morgan fingerprint density at radius 1 is 1.12 bits per heavy atom. The van der Waals surface area contributed by atoms with Crippen molar-refractivity contribution in [2.45, 2.75) is 0 Å². The van der Waals surface area contributed by atoms with Gasteiger partial charge in [-0.3, -0.25) is 0 Å². The van der Waals surface area contributed by atoms with Crippen molar-refractivity contribution in [3.63, 3.8) is 0 Å². The van der Waals surface area contributed by atoms with E-state index in [9.17, 15) is 0 Å². The van der Waals surface area contributed by atoms with E-state index in [1.54, 1.807) is 6.07 Å². The molecular formula is C10H6BrCl2N3. The van der Waals surface area contributed by atoms with Crippen LogP contribution in [0, 0.1) is 0 Å². The maximum Gasteiger partial charge on any atom is 0.149 e. The van der Waals surface area contributed by atoms with Gasteiger partial charge < -0.3 is 5.32 Å². The Hall–Kier alpha value is -0.840. The Morgan fingerprint density at radius 2 is 1.88 bits per heavy atom. The fourth-order valence-electron chi connectivity index (χ4n) is 1.13. The molecule has 3 nitrogen and oxygen atoms in total. The van der Waals surface area contributed by atoms with Crippen LogP contribution in [0.5, 0.6) is 0 Å². The lowest BCUT2D eigenvalue weighted by Crippen LogP contribution is -1.96. The van der Waals surface area contributed by atoms with Crippen molar-refractivity contribution in [3.05, 3.63) is 45.2 Å². The molecule has 0 atom stereocenters. The van der Waals surface area contributed by atoms with Crippen LogP contribution in [0.1, 0.15) is 0 Å². The minimum atomic E-state index is 0.351. The number of hydrogen-bond acceptors (Lipinski definition) is 3. The number of anilines is 2. The molecule has 82 valence electrons. The molecule has 0 unspecified atom stereocenters. The lowest BCUT2D eigenvalue weighted by atomic mass is 10.3. The van der Waals surface area contributed by atoms with Gasteiger partial charge in [-0.2, -0.15) is 0 Å². The number of nitrogens with one attached hydrogen (secondary N) is 1. The first-order valence-corrected chi connectivity index (χ1v) is 5.91. The zero-order valence-electron chi connectivity index (χ0n) is 7.92. The van der Waals surface area contributed by atoms with Gasteiger partial charge in [0.25, 0.3) is 0 Å². The second-order valence-corrected chi connectivity index (χ2v) is 4.49. The number of aromatic nitrogens is 2. The van der Waals surface area contributed by atoms with Gasteiger partial charge in [-0.05, 0) is 28.1 Å². The van der Waals surface area contributed by atoms with Gasteiger partial charge in [0, 0.05) is 0 Å². The van der Waals surface area contributed by atoms with Crippen molar-refractivity contribution in [1.29, 1.82) is 0 Å². The summed E-state index contributed by atoms with van der Waals surface area (Å²) in [6.07, 6.45) is 1.38. The summed E-state index contributed by atoms with van der Waals surface area (Å²) in [5, 5.41) is 4.03. The Bertz CT molecular complexity index is 519. The normalized spacial score (nSPS) is 10.2. The van der Waals surface area contributed by atoms with Gasteiger partial charge in [0.15, 0.2) is 0 Å². The van der Waals surface area contributed by atoms with Gasteiger partial charge in [-0.1, -0.05) is 35.3 Å². The van der Waals surface area contributed by atoms with Crippen molar-refractivity contribution >= 4 is 50.6 Å². The molecule has 0 fully saturated rings. The molecule has 0 aliphatic heterocycles. The maximum atomic E-state index is 6.01. The zero-order valence-corrected chi connectivity index (χ0v) is 11.0. The minimum absolute atomic E-state index is 0.351. The van der Waals surface area contributed by atoms with Gasteiger partial charge in [0.05, 0.1) is 15.2 Å². The molecule has 1 N–H and O–H groups in total. The summed E-state index contributed by atoms with van der Waals surface area (Å²) < 4.78 is 0.608. The summed E-state index contributed by atoms with van der Waals surface area (Å²) in [7, 11) is 0. The van der Waals surface area contributed by atoms with Crippen molar-refractivity contribution < 1.29 is 0 Å². The summed E-state index contributed by atoms with van der Waals surface area (Å²) in [5.41, 5.74) is 0.764. The van der Waals surface area contributed by atoms with Crippen LogP contribution in [0.3, 0.4) is 0 Å². The van der Waals surface area contributed by atoms with Crippen LogP contribution >= 0.6 is 39.1 Å². The molecule has 0 saturated heterocycles. The molecule has 0 saturated carbocycles. The zero-order chi connectivity index (χ0) is 11.5. The highest BCUT2D eigenvalue weighted by atomic mass is 79.9. The molecule has 2 aromatic rings. The molecule has 0 spiro atoms. The average Bonchev–Trinajstić information content (AvgIpc) is 2.28. The van der Waals surface area contributed by atoms with Gasteiger partial charge in [0.1, 0.15) is 17.3 Å². The molecule has 1 aromatic heterocycles. The van der Waals surface area contributed by atoms with Crippen LogP contribution in [-0.4, -0.2) is 9.97 Å². The van der Waals surface area contributed by atoms with Crippen molar-refractivity contribution in [2.24, 2.45) is 0 Å². The van der Waals surface area contributed by atoms with Crippen LogP contribution in [0.25, 0.3) is 0 Å². The lowest BCUT2D eigenvalue weighted by molar-refractivity contribution is 1.15. The number of halogens is 3. The van der Waals surface area contributed by atoms with E-state index in [0.717, 1.165) is 5.69 Å². The molecule has 0 amide bonds. The Balaban J connectivity index is 2.35. The molecule has 1 heterocycles. The smallest absolute Gasteiger partial charge is 0.149 e. The highest BCUT2D eigenvalue weighted by molar-refractivity contribution is 9.10. The first-order chi connectivity index (χ1) is 7.68. The van der Waals surface area contributed by atoms with E-state index in [4.69, 9.17) is 23.2 Å². The van der Waals surface area contributed by atoms with Crippen molar-refractivity contribution in [2.75, 3.05) is 5.32 Å². The maximum absolute atomic E-state index is 6.01. The molecular weight excluding hydrogens is 313 g/mol. The molecule has 6 heteroatoms. The van der Waals surface area contributed by atoms with Crippen LogP contribution in [-0.2, 0) is 0 Å². The predicted molar refractivity (Wildman–Crippen MR) is 69.5 cm³/mol. The van der Waals surface area contributed by atoms with Gasteiger partial charge in [-0.25, -0.2) is 9.97 Å². The highest BCUT2D eigenvalue weighted by Gasteiger charge is 2.08. The largest absolute Gasteiger partial charge is 0.338 e. The van der Waals surface area contributed by atoms with E-state index < -0.39 is 0 Å². The summed E-state index contributed by atoms with van der Waals surface area (Å²) in [6, 6.07) is 7.38. The number of hydrogen-bond donors (Lipinski definition) is 1. The van der Waals surface area contributed by atoms with Crippen LogP contribution in [0.15, 0.2) is 35.1 Å². The van der Waals surface area contributed by atoms with E-state index in [1.165, 1.54) is 6.33 Å². The third kappa shape index (κ3) is 2.45. The van der Waals surface area contributed by atoms with E-state index >= 15 is 0 Å². The summed E-state index contributed by atoms with van der Waals surface area (Å²) in [4.78, 5) is 7.90. The molecule has 16 heavy (non-hydrogen) atoms. The standard InChI is InChI=1S/C10H6BrCl2N3/c11-8-9(13)14-5-15-10(8)16-7-4-2-1-3-6(7)12/h1-5H,(H,14,15,16). The quantitative estimate of drug-likeness (QED) is 0.839. The first kappa shape index (κ1) is 11.6. The third-order valence-electron chi connectivity index (χ3n) is 1.87. The van der Waals surface area contributed by atoms with Crippen molar-refractivity contribution in [3.8, 4) is 0 Å². The molecule has 0 bridgehead atoms. The average molecular weight is 319 g/mol. The lowest BCUT2D eigenvalue weighted by Gasteiger charge is -2.08. The van der Waals surface area contributed by atoms with E-state index in [0.29, 0.717) is 20.5 Å². The SMILES string of the molecule is Clc1ccccc1Nc1ncnc(Cl)c1Br. The number of para-hydroxylation sites is 1. The first-order valence-electron chi connectivity index (χ1n) is 4.36. The third-order valence-corrected chi connectivity index (χ3v) is 3.47. The number of benzene rings is 1. The molecule has 2 rings (SSSR count). The van der Waals surface area contributed by atoms with Gasteiger partial charge >= 0.3 is 0 Å². The predicted octanol–water partition coefficient (Wildman–Crippen LogP) is 4.29. The Labute approximate surface area is 111 Å². The topological polar surface area (TPSA) is 37.8 Å². The summed E-state index contributed by atoms with van der Waals surface area (Å²) in [5.74, 6) is 0.577. The Kier molecular flexibility index (Phi) is 3.63. The second kappa shape index (κ2) is 4.99. The van der Waals surface area contributed by atoms with Crippen LogP contribution in [0.4, 0.5) is 11.5 Å². The van der Waals surface area contributed by atoms with Crippen LogP contribution in [0.2, 0.25) is 10.2 Å². The summed E-state index contributed by atoms with van der Waals surface area (Å²) in [6.45, 7) is 0. The van der Waals surface area contributed by atoms with Crippen molar-refractivity contribution in [1.82, 2.24) is 9.97 Å². The second-order valence-electron chi connectivity index (χ2n) is 2.93. The highest BCUT2D eigenvalue weighted by Crippen LogP contribution is 2.30. The van der Waals surface area contributed by atoms with Gasteiger partial charge in [-0.15, -0.1) is 0 Å². The van der Waals surface area contributed by atoms with E-state index in [-0.39, 0.29) is 0 Å². The van der Waals surface area contributed by atoms with E-state index in [2.05, 4.69) is 31.2 Å². The molecule has 0 radical (unpaired) electrons. The molecule has 1 aromatic carbocycles. The number of rotatable bonds is 2. The summed E-state index contributed by atoms with van der Waals surface area (Å²) >= 11 is 15.2. The van der Waals surface area contributed by atoms with Gasteiger partial charge in [0.2, 0.25) is 0 Å². The fraction of sp³-hybridized carbons (Fsp3) is 0. The van der Waals surface area contributed by atoms with Crippen LogP contribution < -0.4 is 5.32 Å². The molecule has 0 aliphatic rings. The number of nitrogens with zero attached hydrogens (tertiary/aromatic N) is 2. The fourth-order valence-corrected chi connectivity index (χ4v) is 1.75. The molecule has 0 aliphatic carbocycles. The Morgan fingerprint density at radius 3 is 2.62 bits per heavy atom.